The van der Waals surface area contributed by atoms with E-state index in [2.05, 4.69) is 5.32 Å². The van der Waals surface area contributed by atoms with Gasteiger partial charge in [-0.1, -0.05) is 60.8 Å². The van der Waals surface area contributed by atoms with Crippen molar-refractivity contribution in [3.8, 4) is 0 Å². The second-order valence-electron chi connectivity index (χ2n) is 7.92. The van der Waals surface area contributed by atoms with E-state index < -0.39 is 6.04 Å². The first kappa shape index (κ1) is 21.4. The number of carbonyl (C=O) groups excluding carboxylic acids is 2. The molecule has 0 spiro atoms. The van der Waals surface area contributed by atoms with Gasteiger partial charge in [-0.3, -0.25) is 9.59 Å². The zero-order valence-corrected chi connectivity index (χ0v) is 17.9. The molecular formula is C24H29ClN2O2. The Kier molecular flexibility index (Phi) is 7.32. The molecule has 1 aliphatic carbocycles. The third kappa shape index (κ3) is 5.83. The number of amides is 2. The van der Waals surface area contributed by atoms with Gasteiger partial charge in [-0.05, 0) is 55.5 Å². The SMILES string of the molecule is Cc1ccccc1CC(=O)N(Cc1cccc(Cl)c1)[C@@H](C)C(=O)NC1CCCC1. The van der Waals surface area contributed by atoms with Gasteiger partial charge in [0.15, 0.2) is 0 Å². The van der Waals surface area contributed by atoms with Crippen molar-refractivity contribution in [2.45, 2.75) is 64.6 Å². The Morgan fingerprint density at radius 3 is 2.55 bits per heavy atom. The predicted molar refractivity (Wildman–Crippen MR) is 117 cm³/mol. The molecule has 1 saturated carbocycles. The average molecular weight is 413 g/mol. The number of halogens is 1. The van der Waals surface area contributed by atoms with Crippen molar-refractivity contribution in [3.63, 3.8) is 0 Å². The summed E-state index contributed by atoms with van der Waals surface area (Å²) in [6, 6.07) is 15.0. The lowest BCUT2D eigenvalue weighted by atomic mass is 10.0. The highest BCUT2D eigenvalue weighted by molar-refractivity contribution is 6.30. The van der Waals surface area contributed by atoms with Crippen molar-refractivity contribution in [1.29, 1.82) is 0 Å². The molecular weight excluding hydrogens is 384 g/mol. The average Bonchev–Trinajstić information content (AvgIpc) is 3.20. The standard InChI is InChI=1S/C24H29ClN2O2/c1-17-8-3-4-10-20(17)15-23(28)27(16-19-9-7-11-21(25)14-19)18(2)24(29)26-22-12-5-6-13-22/h3-4,7-11,14,18,22H,5-6,12-13,15-16H2,1-2H3,(H,26,29)/t18-/m0/s1. The topological polar surface area (TPSA) is 49.4 Å². The van der Waals surface area contributed by atoms with Crippen LogP contribution in [-0.4, -0.2) is 28.8 Å². The molecule has 2 amide bonds. The lowest BCUT2D eigenvalue weighted by Gasteiger charge is -2.30. The fourth-order valence-electron chi connectivity index (χ4n) is 3.88. The number of benzene rings is 2. The van der Waals surface area contributed by atoms with Crippen LogP contribution < -0.4 is 5.32 Å². The summed E-state index contributed by atoms with van der Waals surface area (Å²) < 4.78 is 0. The van der Waals surface area contributed by atoms with Crippen molar-refractivity contribution in [1.82, 2.24) is 10.2 Å². The zero-order valence-electron chi connectivity index (χ0n) is 17.2. The van der Waals surface area contributed by atoms with Crippen LogP contribution in [0.4, 0.5) is 0 Å². The molecule has 0 bridgehead atoms. The van der Waals surface area contributed by atoms with Gasteiger partial charge in [-0.25, -0.2) is 0 Å². The molecule has 0 aliphatic heterocycles. The van der Waals surface area contributed by atoms with Gasteiger partial charge >= 0.3 is 0 Å². The molecule has 0 aromatic heterocycles. The molecule has 0 radical (unpaired) electrons. The Morgan fingerprint density at radius 2 is 1.86 bits per heavy atom. The number of hydrogen-bond donors (Lipinski definition) is 1. The summed E-state index contributed by atoms with van der Waals surface area (Å²) in [7, 11) is 0. The van der Waals surface area contributed by atoms with Gasteiger partial charge in [0.25, 0.3) is 0 Å². The maximum Gasteiger partial charge on any atom is 0.242 e. The number of hydrogen-bond acceptors (Lipinski definition) is 2. The minimum atomic E-state index is -0.550. The van der Waals surface area contributed by atoms with Crippen LogP contribution >= 0.6 is 11.6 Å². The Labute approximate surface area is 178 Å². The second kappa shape index (κ2) is 9.93. The normalized spacial score (nSPS) is 15.1. The highest BCUT2D eigenvalue weighted by Gasteiger charge is 2.28. The molecule has 1 N–H and O–H groups in total. The summed E-state index contributed by atoms with van der Waals surface area (Å²) in [5, 5.41) is 3.75. The highest BCUT2D eigenvalue weighted by Crippen LogP contribution is 2.20. The molecule has 29 heavy (non-hydrogen) atoms. The van der Waals surface area contributed by atoms with Crippen LogP contribution in [0.5, 0.6) is 0 Å². The first-order valence-corrected chi connectivity index (χ1v) is 10.7. The van der Waals surface area contributed by atoms with Gasteiger partial charge in [0.2, 0.25) is 11.8 Å². The van der Waals surface area contributed by atoms with Crippen LogP contribution in [0, 0.1) is 6.92 Å². The Bertz CT molecular complexity index is 861. The van der Waals surface area contributed by atoms with Crippen LogP contribution in [0.25, 0.3) is 0 Å². The highest BCUT2D eigenvalue weighted by atomic mass is 35.5. The van der Waals surface area contributed by atoms with E-state index in [9.17, 15) is 9.59 Å². The maximum atomic E-state index is 13.3. The molecule has 0 heterocycles. The lowest BCUT2D eigenvalue weighted by molar-refractivity contribution is -0.140. The molecule has 3 rings (SSSR count). The quantitative estimate of drug-likeness (QED) is 0.718. The molecule has 0 saturated heterocycles. The van der Waals surface area contributed by atoms with Crippen molar-refractivity contribution < 1.29 is 9.59 Å². The molecule has 1 atom stereocenters. The fourth-order valence-corrected chi connectivity index (χ4v) is 4.09. The molecule has 2 aromatic carbocycles. The Morgan fingerprint density at radius 1 is 1.14 bits per heavy atom. The maximum absolute atomic E-state index is 13.3. The molecule has 0 unspecified atom stereocenters. The van der Waals surface area contributed by atoms with E-state index in [1.807, 2.05) is 56.3 Å². The molecule has 5 heteroatoms. The predicted octanol–water partition coefficient (Wildman–Crippen LogP) is 4.67. The third-order valence-corrected chi connectivity index (χ3v) is 5.95. The fraction of sp³-hybridized carbons (Fsp3) is 0.417. The summed E-state index contributed by atoms with van der Waals surface area (Å²) in [4.78, 5) is 27.8. The molecule has 4 nitrogen and oxygen atoms in total. The number of nitrogens with one attached hydrogen (secondary N) is 1. The monoisotopic (exact) mass is 412 g/mol. The summed E-state index contributed by atoms with van der Waals surface area (Å²) in [6.07, 6.45) is 4.61. The van der Waals surface area contributed by atoms with Gasteiger partial charge in [-0.15, -0.1) is 0 Å². The van der Waals surface area contributed by atoms with E-state index in [1.165, 1.54) is 0 Å². The summed E-state index contributed by atoms with van der Waals surface area (Å²) in [5.74, 6) is -0.148. The van der Waals surface area contributed by atoms with Crippen molar-refractivity contribution >= 4 is 23.4 Å². The van der Waals surface area contributed by atoms with E-state index in [4.69, 9.17) is 11.6 Å². The van der Waals surface area contributed by atoms with Gasteiger partial charge < -0.3 is 10.2 Å². The largest absolute Gasteiger partial charge is 0.352 e. The van der Waals surface area contributed by atoms with Crippen LogP contribution in [-0.2, 0) is 22.6 Å². The van der Waals surface area contributed by atoms with E-state index in [0.29, 0.717) is 11.6 Å². The van der Waals surface area contributed by atoms with Crippen molar-refractivity contribution in [2.75, 3.05) is 0 Å². The second-order valence-corrected chi connectivity index (χ2v) is 8.36. The Hall–Kier alpha value is -2.33. The van der Waals surface area contributed by atoms with Crippen molar-refractivity contribution in [2.24, 2.45) is 0 Å². The Balaban J connectivity index is 1.78. The zero-order chi connectivity index (χ0) is 20.8. The van der Waals surface area contributed by atoms with E-state index >= 15 is 0 Å². The van der Waals surface area contributed by atoms with Crippen LogP contribution in [0.3, 0.4) is 0 Å². The van der Waals surface area contributed by atoms with Gasteiger partial charge in [0.1, 0.15) is 6.04 Å². The van der Waals surface area contributed by atoms with Crippen molar-refractivity contribution in [3.05, 3.63) is 70.2 Å². The molecule has 1 aliphatic rings. The number of carbonyl (C=O) groups is 2. The third-order valence-electron chi connectivity index (χ3n) is 5.71. The van der Waals surface area contributed by atoms with Gasteiger partial charge in [0.05, 0.1) is 6.42 Å². The van der Waals surface area contributed by atoms with Gasteiger partial charge in [-0.2, -0.15) is 0 Å². The number of aryl methyl sites for hydroxylation is 1. The van der Waals surface area contributed by atoms with Crippen LogP contribution in [0.1, 0.15) is 49.3 Å². The van der Waals surface area contributed by atoms with Crippen LogP contribution in [0.2, 0.25) is 5.02 Å². The van der Waals surface area contributed by atoms with Crippen LogP contribution in [0.15, 0.2) is 48.5 Å². The summed E-state index contributed by atoms with van der Waals surface area (Å²) in [5.41, 5.74) is 2.97. The van der Waals surface area contributed by atoms with E-state index in [0.717, 1.165) is 42.4 Å². The van der Waals surface area contributed by atoms with E-state index in [1.54, 1.807) is 11.0 Å². The first-order chi connectivity index (χ1) is 13.9. The summed E-state index contributed by atoms with van der Waals surface area (Å²) in [6.45, 7) is 4.16. The van der Waals surface area contributed by atoms with E-state index in [-0.39, 0.29) is 24.3 Å². The minimum absolute atomic E-state index is 0.0617. The number of rotatable bonds is 7. The lowest BCUT2D eigenvalue weighted by Crippen LogP contribution is -2.50. The molecule has 2 aromatic rings. The van der Waals surface area contributed by atoms with Gasteiger partial charge in [0, 0.05) is 17.6 Å². The smallest absolute Gasteiger partial charge is 0.242 e. The summed E-state index contributed by atoms with van der Waals surface area (Å²) >= 11 is 6.13. The molecule has 154 valence electrons. The first-order valence-electron chi connectivity index (χ1n) is 10.3. The minimum Gasteiger partial charge on any atom is -0.352 e. The number of nitrogens with zero attached hydrogens (tertiary/aromatic N) is 1. The molecule has 1 fully saturated rings.